The van der Waals surface area contributed by atoms with Crippen molar-refractivity contribution < 1.29 is 15.0 Å². The van der Waals surface area contributed by atoms with Gasteiger partial charge in [-0.15, -0.1) is 0 Å². The van der Waals surface area contributed by atoms with Crippen LogP contribution in [0.25, 0.3) is 11.4 Å². The Hall–Kier alpha value is -2.15. The smallest absolute Gasteiger partial charge is 0.354 e. The number of aliphatic hydroxyl groups excluding tert-OH is 1. The van der Waals surface area contributed by atoms with Crippen molar-refractivity contribution in [2.24, 2.45) is 0 Å². The number of imidazole rings is 1. The van der Waals surface area contributed by atoms with Crippen molar-refractivity contribution in [3.05, 3.63) is 22.8 Å². The van der Waals surface area contributed by atoms with Crippen LogP contribution in [0, 0.1) is 6.92 Å². The number of aromatic nitrogens is 4. The minimum Gasteiger partial charge on any atom is -0.477 e. The lowest BCUT2D eigenvalue weighted by atomic mass is 9.94. The van der Waals surface area contributed by atoms with Gasteiger partial charge in [0.2, 0.25) is 0 Å². The van der Waals surface area contributed by atoms with Crippen LogP contribution < -0.4 is 0 Å². The maximum Gasteiger partial charge on any atom is 0.354 e. The highest BCUT2D eigenvalue weighted by molar-refractivity contribution is 5.90. The number of carboxylic acid groups (broad SMARTS) is 1. The topological polar surface area (TPSA) is 115 Å². The van der Waals surface area contributed by atoms with Gasteiger partial charge in [-0.05, 0) is 6.92 Å². The normalized spacial score (nSPS) is 17.6. The Balaban J connectivity index is 2.26. The van der Waals surface area contributed by atoms with E-state index in [9.17, 15) is 9.90 Å². The summed E-state index contributed by atoms with van der Waals surface area (Å²) in [6.07, 6.45) is -0.551. The second kappa shape index (κ2) is 3.17. The lowest BCUT2D eigenvalue weighted by molar-refractivity contribution is 0.0682. The number of fused-ring (bicyclic) bond motifs is 3. The first kappa shape index (κ1) is 10.0. The van der Waals surface area contributed by atoms with E-state index in [1.165, 1.54) is 0 Å². The second-order valence-corrected chi connectivity index (χ2v) is 4.04. The number of rotatable bonds is 1. The lowest BCUT2D eigenvalue weighted by Crippen LogP contribution is -2.13. The van der Waals surface area contributed by atoms with Gasteiger partial charge in [-0.1, -0.05) is 0 Å². The molecule has 0 spiro atoms. The number of aliphatic hydroxyl groups is 1. The molecule has 2 aromatic heterocycles. The summed E-state index contributed by atoms with van der Waals surface area (Å²) in [5, 5.41) is 25.3. The summed E-state index contributed by atoms with van der Waals surface area (Å²) >= 11 is 0. The number of hydrogen-bond acceptors (Lipinski definition) is 4. The summed E-state index contributed by atoms with van der Waals surface area (Å²) in [7, 11) is 0. The molecule has 1 atom stereocenters. The van der Waals surface area contributed by atoms with Crippen molar-refractivity contribution in [1.29, 1.82) is 0 Å². The maximum absolute atomic E-state index is 11.0. The predicted octanol–water partition coefficient (Wildman–Crippen LogP) is 0.396. The summed E-state index contributed by atoms with van der Waals surface area (Å²) in [6, 6.07) is 0. The van der Waals surface area contributed by atoms with Gasteiger partial charge in [0.15, 0.2) is 0 Å². The number of nitrogens with one attached hydrogen (secondary N) is 2. The number of H-pyrrole nitrogens is 2. The maximum atomic E-state index is 11.0. The van der Waals surface area contributed by atoms with Crippen LogP contribution >= 0.6 is 0 Å². The van der Waals surface area contributed by atoms with Gasteiger partial charge in [0, 0.05) is 17.7 Å². The fourth-order valence-electron chi connectivity index (χ4n) is 2.20. The van der Waals surface area contributed by atoms with Crippen molar-refractivity contribution in [2.75, 3.05) is 0 Å². The number of carbonyl (C=O) groups is 1. The molecular weight excluding hydrogens is 224 g/mol. The monoisotopic (exact) mass is 234 g/mol. The van der Waals surface area contributed by atoms with E-state index in [0.717, 1.165) is 11.5 Å². The third-order valence-corrected chi connectivity index (χ3v) is 2.87. The molecule has 1 aliphatic rings. The van der Waals surface area contributed by atoms with Crippen molar-refractivity contribution in [1.82, 2.24) is 20.2 Å². The first-order chi connectivity index (χ1) is 8.08. The second-order valence-electron chi connectivity index (χ2n) is 4.04. The molecule has 0 saturated heterocycles. The van der Waals surface area contributed by atoms with Gasteiger partial charge in [-0.2, -0.15) is 5.10 Å². The van der Waals surface area contributed by atoms with Crippen molar-refractivity contribution in [3.63, 3.8) is 0 Å². The summed E-state index contributed by atoms with van der Waals surface area (Å²) in [5.41, 5.74) is 2.06. The quantitative estimate of drug-likeness (QED) is 0.570. The van der Waals surface area contributed by atoms with E-state index in [2.05, 4.69) is 20.2 Å². The fraction of sp³-hybridized carbons (Fsp3) is 0.300. The van der Waals surface area contributed by atoms with E-state index in [-0.39, 0.29) is 5.69 Å². The van der Waals surface area contributed by atoms with Crippen molar-refractivity contribution in [3.8, 4) is 11.4 Å². The molecule has 4 N–H and O–H groups in total. The van der Waals surface area contributed by atoms with E-state index in [1.54, 1.807) is 6.92 Å². The van der Waals surface area contributed by atoms with Crippen molar-refractivity contribution >= 4 is 5.97 Å². The average Bonchev–Trinajstić information content (AvgIpc) is 2.80. The highest BCUT2D eigenvalue weighted by Crippen LogP contribution is 2.37. The Morgan fingerprint density at radius 2 is 2.24 bits per heavy atom. The van der Waals surface area contributed by atoms with E-state index in [4.69, 9.17) is 5.11 Å². The highest BCUT2D eigenvalue weighted by Gasteiger charge is 2.33. The van der Waals surface area contributed by atoms with E-state index >= 15 is 0 Å². The molecule has 7 heteroatoms. The summed E-state index contributed by atoms with van der Waals surface area (Å²) < 4.78 is 0. The third-order valence-electron chi connectivity index (χ3n) is 2.87. The van der Waals surface area contributed by atoms with Gasteiger partial charge in [-0.25, -0.2) is 9.78 Å². The first-order valence-corrected chi connectivity index (χ1v) is 5.13. The zero-order valence-electron chi connectivity index (χ0n) is 8.98. The van der Waals surface area contributed by atoms with Gasteiger partial charge in [0.1, 0.15) is 22.9 Å². The Kier molecular flexibility index (Phi) is 1.87. The van der Waals surface area contributed by atoms with Crippen LogP contribution in [0.2, 0.25) is 0 Å². The summed E-state index contributed by atoms with van der Waals surface area (Å²) in [4.78, 5) is 18.3. The minimum atomic E-state index is -1.13. The lowest BCUT2D eigenvalue weighted by Gasteiger charge is -2.16. The Morgan fingerprint density at radius 3 is 2.94 bits per heavy atom. The zero-order chi connectivity index (χ0) is 12.2. The molecule has 0 aliphatic heterocycles. The molecule has 0 amide bonds. The first-order valence-electron chi connectivity index (χ1n) is 5.13. The number of nitrogens with zero attached hydrogens (tertiary/aromatic N) is 2. The molecule has 1 aliphatic carbocycles. The molecule has 7 nitrogen and oxygen atoms in total. The minimum absolute atomic E-state index is 0.0706. The molecule has 3 rings (SSSR count). The highest BCUT2D eigenvalue weighted by atomic mass is 16.4. The number of aryl methyl sites for hydroxylation is 1. The zero-order valence-corrected chi connectivity index (χ0v) is 8.98. The average molecular weight is 234 g/mol. The Labute approximate surface area is 95.5 Å². The van der Waals surface area contributed by atoms with Crippen molar-refractivity contribution in [2.45, 2.75) is 19.4 Å². The molecule has 0 radical (unpaired) electrons. The number of carboxylic acids is 1. The Morgan fingerprint density at radius 1 is 1.47 bits per heavy atom. The van der Waals surface area contributed by atoms with E-state index in [1.807, 2.05) is 0 Å². The third kappa shape index (κ3) is 1.29. The summed E-state index contributed by atoms with van der Waals surface area (Å²) in [6.45, 7) is 1.80. The summed E-state index contributed by atoms with van der Waals surface area (Å²) in [5.74, 6) is -0.413. The van der Waals surface area contributed by atoms with Gasteiger partial charge in [0.05, 0.1) is 6.10 Å². The fourth-order valence-corrected chi connectivity index (χ4v) is 2.20. The standard InChI is InChI=1S/C10H10N4O3/c1-3-11-4-2-5(15)6-8(7(4)12-3)13-14-9(6)10(16)17/h5,15H,2H2,1H3,(H,11,12)(H,13,14)(H,16,17). The number of hydrogen-bond donors (Lipinski definition) is 4. The van der Waals surface area contributed by atoms with Crippen LogP contribution in [0.4, 0.5) is 0 Å². The molecule has 0 saturated carbocycles. The largest absolute Gasteiger partial charge is 0.477 e. The molecule has 0 aromatic carbocycles. The molecule has 1 unspecified atom stereocenters. The van der Waals surface area contributed by atoms with Crippen LogP contribution in [0.3, 0.4) is 0 Å². The molecule has 88 valence electrons. The number of aromatic amines is 2. The molecular formula is C10H10N4O3. The Bertz CT molecular complexity index is 613. The van der Waals surface area contributed by atoms with Gasteiger partial charge < -0.3 is 15.2 Å². The molecule has 17 heavy (non-hydrogen) atoms. The molecule has 0 fully saturated rings. The predicted molar refractivity (Wildman–Crippen MR) is 56.5 cm³/mol. The van der Waals surface area contributed by atoms with E-state index < -0.39 is 12.1 Å². The van der Waals surface area contributed by atoms with Gasteiger partial charge in [-0.3, -0.25) is 5.10 Å². The number of aromatic carboxylic acids is 1. The van der Waals surface area contributed by atoms with Crippen LogP contribution in [-0.4, -0.2) is 36.3 Å². The SMILES string of the molecule is Cc1nc2c([nH]1)CC(O)c1c-2n[nH]c1C(=O)O. The van der Waals surface area contributed by atoms with E-state index in [0.29, 0.717) is 23.4 Å². The van der Waals surface area contributed by atoms with Gasteiger partial charge in [0.25, 0.3) is 0 Å². The van der Waals surface area contributed by atoms with Crippen LogP contribution in [0.1, 0.15) is 33.7 Å². The molecule has 2 aromatic rings. The molecule has 2 heterocycles. The van der Waals surface area contributed by atoms with Crippen LogP contribution in [-0.2, 0) is 6.42 Å². The van der Waals surface area contributed by atoms with Crippen LogP contribution in [0.5, 0.6) is 0 Å². The molecule has 0 bridgehead atoms. The van der Waals surface area contributed by atoms with Crippen LogP contribution in [0.15, 0.2) is 0 Å². The van der Waals surface area contributed by atoms with Gasteiger partial charge >= 0.3 is 5.97 Å².